The van der Waals surface area contributed by atoms with Crippen molar-refractivity contribution in [2.45, 2.75) is 63.8 Å². The summed E-state index contributed by atoms with van der Waals surface area (Å²) in [4.78, 5) is 17.1. The summed E-state index contributed by atoms with van der Waals surface area (Å²) in [6.45, 7) is 1.04. The number of carbonyl (C=O) groups excluding carboxylic acids is 1. The fraction of sp³-hybridized carbons (Fsp3) is 0.500. The molecule has 1 N–H and O–H groups in total. The number of rotatable bonds is 3. The van der Waals surface area contributed by atoms with E-state index in [0.29, 0.717) is 23.9 Å². The lowest BCUT2D eigenvalue weighted by Crippen LogP contribution is -2.35. The molecule has 0 bridgehead atoms. The van der Waals surface area contributed by atoms with Gasteiger partial charge in [-0.2, -0.15) is 0 Å². The van der Waals surface area contributed by atoms with Gasteiger partial charge in [0.15, 0.2) is 5.69 Å². The van der Waals surface area contributed by atoms with Gasteiger partial charge in [-0.05, 0) is 30.5 Å². The van der Waals surface area contributed by atoms with Crippen LogP contribution in [0.4, 0.5) is 0 Å². The highest BCUT2D eigenvalue weighted by Gasteiger charge is 2.27. The summed E-state index contributed by atoms with van der Waals surface area (Å²) >= 11 is 5.96. The maximum absolute atomic E-state index is 12.7. The predicted octanol–water partition coefficient (Wildman–Crippen LogP) is 4.26. The molecule has 1 amide bonds. The zero-order valence-electron chi connectivity index (χ0n) is 14.8. The zero-order valence-corrected chi connectivity index (χ0v) is 15.5. The topological polar surface area (TPSA) is 56.2 Å². The minimum atomic E-state index is -0.0702. The summed E-state index contributed by atoms with van der Waals surface area (Å²) in [6.07, 6.45) is 8.76. The molecule has 26 heavy (non-hydrogen) atoms. The van der Waals surface area contributed by atoms with E-state index in [2.05, 4.69) is 10.3 Å². The molecule has 2 aliphatic rings. The highest BCUT2D eigenvalue weighted by Crippen LogP contribution is 2.28. The molecule has 1 atom stereocenters. The first-order valence-corrected chi connectivity index (χ1v) is 9.80. The van der Waals surface area contributed by atoms with Gasteiger partial charge in [0, 0.05) is 11.1 Å². The van der Waals surface area contributed by atoms with Gasteiger partial charge in [-0.25, -0.2) is 4.98 Å². The number of aromatic nitrogens is 2. The van der Waals surface area contributed by atoms with Gasteiger partial charge < -0.3 is 14.6 Å². The van der Waals surface area contributed by atoms with E-state index < -0.39 is 0 Å². The first kappa shape index (κ1) is 17.6. The lowest BCUT2D eigenvalue weighted by molar-refractivity contribution is 0.00256. The Kier molecular flexibility index (Phi) is 5.27. The van der Waals surface area contributed by atoms with Crippen LogP contribution in [0.1, 0.15) is 66.4 Å². The first-order valence-electron chi connectivity index (χ1n) is 9.42. The zero-order chi connectivity index (χ0) is 17.9. The van der Waals surface area contributed by atoms with Crippen LogP contribution >= 0.6 is 11.6 Å². The molecule has 1 aromatic carbocycles. The van der Waals surface area contributed by atoms with Gasteiger partial charge >= 0.3 is 0 Å². The van der Waals surface area contributed by atoms with Crippen molar-refractivity contribution in [1.82, 2.24) is 14.9 Å². The van der Waals surface area contributed by atoms with Crippen LogP contribution in [0.5, 0.6) is 0 Å². The summed E-state index contributed by atoms with van der Waals surface area (Å²) < 4.78 is 8.04. The monoisotopic (exact) mass is 373 g/mol. The van der Waals surface area contributed by atoms with Crippen molar-refractivity contribution in [2.24, 2.45) is 0 Å². The number of hydrogen-bond donors (Lipinski definition) is 1. The molecule has 2 aromatic rings. The number of benzene rings is 1. The molecule has 0 spiro atoms. The van der Waals surface area contributed by atoms with Gasteiger partial charge in [-0.3, -0.25) is 4.79 Å². The maximum Gasteiger partial charge on any atom is 0.272 e. The van der Waals surface area contributed by atoms with Crippen molar-refractivity contribution in [3.8, 4) is 0 Å². The van der Waals surface area contributed by atoms with E-state index >= 15 is 0 Å². The third kappa shape index (κ3) is 3.79. The Labute approximate surface area is 158 Å². The van der Waals surface area contributed by atoms with Crippen LogP contribution in [-0.2, 0) is 17.9 Å². The molecule has 0 unspecified atom stereocenters. The Morgan fingerprint density at radius 1 is 1.15 bits per heavy atom. The van der Waals surface area contributed by atoms with Gasteiger partial charge in [-0.1, -0.05) is 49.4 Å². The van der Waals surface area contributed by atoms with Crippen molar-refractivity contribution in [2.75, 3.05) is 0 Å². The smallest absolute Gasteiger partial charge is 0.272 e. The lowest BCUT2D eigenvalue weighted by atomic mass is 10.1. The molecular formula is C20H24ClN3O2. The van der Waals surface area contributed by atoms with Crippen molar-refractivity contribution < 1.29 is 9.53 Å². The SMILES string of the molecule is O=C(NC1CCCCCC1)c1ncn2c1CO[C@H](c1ccc(Cl)cc1)C2. The number of carbonyl (C=O) groups is 1. The van der Waals surface area contributed by atoms with E-state index in [0.717, 1.165) is 24.1 Å². The molecule has 1 saturated carbocycles. The summed E-state index contributed by atoms with van der Waals surface area (Å²) in [6, 6.07) is 7.97. The molecule has 138 valence electrons. The van der Waals surface area contributed by atoms with E-state index in [-0.39, 0.29) is 18.1 Å². The third-order valence-corrected chi connectivity index (χ3v) is 5.63. The van der Waals surface area contributed by atoms with E-state index in [1.807, 2.05) is 28.8 Å². The number of nitrogens with zero attached hydrogens (tertiary/aromatic N) is 2. The Balaban J connectivity index is 1.45. The van der Waals surface area contributed by atoms with Gasteiger partial charge in [-0.15, -0.1) is 0 Å². The summed E-state index contributed by atoms with van der Waals surface area (Å²) in [7, 11) is 0. The molecule has 1 fully saturated rings. The normalized spacial score (nSPS) is 21.0. The molecule has 2 heterocycles. The van der Waals surface area contributed by atoms with Crippen LogP contribution in [0.3, 0.4) is 0 Å². The summed E-state index contributed by atoms with van der Waals surface area (Å²) in [5, 5.41) is 3.89. The van der Waals surface area contributed by atoms with Gasteiger partial charge in [0.25, 0.3) is 5.91 Å². The fourth-order valence-corrected chi connectivity index (χ4v) is 4.00. The quantitative estimate of drug-likeness (QED) is 0.818. The second-order valence-electron chi connectivity index (χ2n) is 7.21. The molecule has 1 aliphatic heterocycles. The minimum Gasteiger partial charge on any atom is -0.365 e. The summed E-state index contributed by atoms with van der Waals surface area (Å²) in [5.41, 5.74) is 2.45. The van der Waals surface area contributed by atoms with Crippen LogP contribution in [-0.4, -0.2) is 21.5 Å². The Morgan fingerprint density at radius 2 is 1.88 bits per heavy atom. The van der Waals surface area contributed by atoms with Crippen LogP contribution in [0, 0.1) is 0 Å². The van der Waals surface area contributed by atoms with Crippen molar-refractivity contribution in [1.29, 1.82) is 0 Å². The molecule has 1 aliphatic carbocycles. The highest BCUT2D eigenvalue weighted by molar-refractivity contribution is 6.30. The fourth-order valence-electron chi connectivity index (χ4n) is 3.87. The number of fused-ring (bicyclic) bond motifs is 1. The second kappa shape index (κ2) is 7.80. The molecule has 0 saturated heterocycles. The minimum absolute atomic E-state index is 0.0493. The average molecular weight is 374 g/mol. The number of amides is 1. The van der Waals surface area contributed by atoms with Crippen LogP contribution < -0.4 is 5.32 Å². The molecule has 1 aromatic heterocycles. The lowest BCUT2D eigenvalue weighted by Gasteiger charge is -2.26. The number of hydrogen-bond acceptors (Lipinski definition) is 3. The van der Waals surface area contributed by atoms with Crippen LogP contribution in [0.25, 0.3) is 0 Å². The Bertz CT molecular complexity index is 764. The first-order chi connectivity index (χ1) is 12.7. The molecular weight excluding hydrogens is 350 g/mol. The average Bonchev–Trinajstić information content (AvgIpc) is 2.91. The van der Waals surface area contributed by atoms with Gasteiger partial charge in [0.1, 0.15) is 6.10 Å². The van der Waals surface area contributed by atoms with Crippen LogP contribution in [0.2, 0.25) is 5.02 Å². The summed E-state index contributed by atoms with van der Waals surface area (Å²) in [5.74, 6) is -0.0702. The van der Waals surface area contributed by atoms with Crippen molar-refractivity contribution in [3.05, 3.63) is 52.6 Å². The number of imidazole rings is 1. The maximum atomic E-state index is 12.7. The molecule has 4 rings (SSSR count). The predicted molar refractivity (Wildman–Crippen MR) is 100 cm³/mol. The third-order valence-electron chi connectivity index (χ3n) is 5.38. The number of nitrogens with one attached hydrogen (secondary N) is 1. The Hall–Kier alpha value is -1.85. The standard InChI is InChI=1S/C20H24ClN3O2/c21-15-9-7-14(8-10-15)18-11-24-13-22-19(17(24)12-26-18)20(25)23-16-5-3-1-2-4-6-16/h7-10,13,16,18H,1-6,11-12H2,(H,23,25)/t18-/m0/s1. The molecule has 5 nitrogen and oxygen atoms in total. The van der Waals surface area contributed by atoms with E-state index in [9.17, 15) is 4.79 Å². The Morgan fingerprint density at radius 3 is 2.62 bits per heavy atom. The van der Waals surface area contributed by atoms with Crippen molar-refractivity contribution >= 4 is 17.5 Å². The van der Waals surface area contributed by atoms with E-state index in [1.54, 1.807) is 6.33 Å². The number of ether oxygens (including phenoxy) is 1. The van der Waals surface area contributed by atoms with E-state index in [4.69, 9.17) is 16.3 Å². The number of halogens is 1. The van der Waals surface area contributed by atoms with Crippen molar-refractivity contribution in [3.63, 3.8) is 0 Å². The van der Waals surface area contributed by atoms with Gasteiger partial charge in [0.05, 0.1) is 25.2 Å². The van der Waals surface area contributed by atoms with Gasteiger partial charge in [0.2, 0.25) is 0 Å². The second-order valence-corrected chi connectivity index (χ2v) is 7.64. The molecule has 6 heteroatoms. The van der Waals surface area contributed by atoms with E-state index in [1.165, 1.54) is 25.7 Å². The largest absolute Gasteiger partial charge is 0.365 e. The highest BCUT2D eigenvalue weighted by atomic mass is 35.5. The van der Waals surface area contributed by atoms with Crippen LogP contribution in [0.15, 0.2) is 30.6 Å². The molecule has 0 radical (unpaired) electrons.